The second kappa shape index (κ2) is 6.77. The van der Waals surface area contributed by atoms with Crippen LogP contribution >= 0.6 is 0 Å². The van der Waals surface area contributed by atoms with Crippen molar-refractivity contribution in [2.45, 2.75) is 24.8 Å². The third-order valence-corrected chi connectivity index (χ3v) is 4.01. The Bertz CT molecular complexity index is 479. The highest BCUT2D eigenvalue weighted by atomic mass is 32.2. The third-order valence-electron chi connectivity index (χ3n) is 2.66. The van der Waals surface area contributed by atoms with Gasteiger partial charge in [-0.25, -0.2) is 22.5 Å². The van der Waals surface area contributed by atoms with Crippen LogP contribution in [-0.2, 0) is 10.0 Å². The number of hydrogen-bond donors (Lipinski definition) is 2. The molecule has 0 saturated carbocycles. The summed E-state index contributed by atoms with van der Waals surface area (Å²) in [6, 6.07) is 2.38. The smallest absolute Gasteiger partial charge is 0.261 e. The van der Waals surface area contributed by atoms with Crippen LogP contribution in [0.15, 0.2) is 23.4 Å². The molecule has 0 aliphatic rings. The summed E-state index contributed by atoms with van der Waals surface area (Å²) in [5.41, 5.74) is 0. The SMILES string of the molecule is CCC(CCO)CNS(=O)(=O)c1ncccc1F. The summed E-state index contributed by atoms with van der Waals surface area (Å²) in [7, 11) is -3.93. The summed E-state index contributed by atoms with van der Waals surface area (Å²) in [5, 5.41) is 8.22. The Morgan fingerprint density at radius 3 is 2.83 bits per heavy atom. The predicted octanol–water partition coefficient (Wildman–Crippen LogP) is 0.908. The van der Waals surface area contributed by atoms with Crippen LogP contribution in [0, 0.1) is 11.7 Å². The van der Waals surface area contributed by atoms with Crippen LogP contribution < -0.4 is 4.72 Å². The molecule has 1 rings (SSSR count). The Morgan fingerprint density at radius 2 is 2.28 bits per heavy atom. The molecule has 5 nitrogen and oxygen atoms in total. The third kappa shape index (κ3) is 4.01. The fraction of sp³-hybridized carbons (Fsp3) is 0.545. The van der Waals surface area contributed by atoms with E-state index in [1.165, 1.54) is 12.3 Å². The lowest BCUT2D eigenvalue weighted by atomic mass is 10.0. The maximum atomic E-state index is 13.3. The predicted molar refractivity (Wildman–Crippen MR) is 64.9 cm³/mol. The van der Waals surface area contributed by atoms with Gasteiger partial charge in [0, 0.05) is 19.3 Å². The number of hydrogen-bond acceptors (Lipinski definition) is 4. The van der Waals surface area contributed by atoms with Crippen LogP contribution in [-0.4, -0.2) is 31.7 Å². The molecular formula is C11H17FN2O3S. The second-order valence-corrected chi connectivity index (χ2v) is 5.61. The molecule has 1 unspecified atom stereocenters. The van der Waals surface area contributed by atoms with Gasteiger partial charge in [-0.05, 0) is 24.5 Å². The minimum atomic E-state index is -3.93. The summed E-state index contributed by atoms with van der Waals surface area (Å²) in [6.45, 7) is 2.06. The van der Waals surface area contributed by atoms with E-state index in [-0.39, 0.29) is 19.1 Å². The van der Waals surface area contributed by atoms with Crippen LogP contribution in [0.4, 0.5) is 4.39 Å². The quantitative estimate of drug-likeness (QED) is 0.775. The van der Waals surface area contributed by atoms with Gasteiger partial charge in [0.25, 0.3) is 10.0 Å². The van der Waals surface area contributed by atoms with E-state index in [4.69, 9.17) is 5.11 Å². The average Bonchev–Trinajstić information content (AvgIpc) is 2.34. The van der Waals surface area contributed by atoms with Crippen LogP contribution in [0.2, 0.25) is 0 Å². The van der Waals surface area contributed by atoms with Crippen molar-refractivity contribution in [3.05, 3.63) is 24.1 Å². The highest BCUT2D eigenvalue weighted by Gasteiger charge is 2.21. The minimum absolute atomic E-state index is 0.00180. The number of nitrogens with one attached hydrogen (secondary N) is 1. The van der Waals surface area contributed by atoms with Gasteiger partial charge in [-0.15, -0.1) is 0 Å². The highest BCUT2D eigenvalue weighted by molar-refractivity contribution is 7.89. The molecule has 1 atom stereocenters. The first-order valence-electron chi connectivity index (χ1n) is 5.72. The molecule has 1 aromatic heterocycles. The van der Waals surface area contributed by atoms with Crippen molar-refractivity contribution in [3.63, 3.8) is 0 Å². The lowest BCUT2D eigenvalue weighted by Gasteiger charge is -2.14. The van der Waals surface area contributed by atoms with Crippen molar-refractivity contribution in [2.24, 2.45) is 5.92 Å². The van der Waals surface area contributed by atoms with Crippen molar-refractivity contribution < 1.29 is 17.9 Å². The molecular weight excluding hydrogens is 259 g/mol. The number of halogens is 1. The van der Waals surface area contributed by atoms with Crippen LogP contribution in [0.1, 0.15) is 19.8 Å². The Hall–Kier alpha value is -1.05. The van der Waals surface area contributed by atoms with Gasteiger partial charge in [0.1, 0.15) is 0 Å². The molecule has 0 aliphatic heterocycles. The van der Waals surface area contributed by atoms with Gasteiger partial charge < -0.3 is 5.11 Å². The molecule has 0 aliphatic carbocycles. The first-order chi connectivity index (χ1) is 8.51. The summed E-state index contributed by atoms with van der Waals surface area (Å²) in [5.74, 6) is -0.850. The molecule has 1 aromatic rings. The van der Waals surface area contributed by atoms with Gasteiger partial charge in [-0.1, -0.05) is 13.3 Å². The molecule has 102 valence electrons. The number of pyridine rings is 1. The van der Waals surface area contributed by atoms with Crippen molar-refractivity contribution in [1.82, 2.24) is 9.71 Å². The summed E-state index contributed by atoms with van der Waals surface area (Å²) in [6.07, 6.45) is 2.46. The lowest BCUT2D eigenvalue weighted by Crippen LogP contribution is -2.30. The maximum Gasteiger partial charge on any atom is 0.261 e. The normalized spacial score (nSPS) is 13.5. The Balaban J connectivity index is 2.74. The van der Waals surface area contributed by atoms with Gasteiger partial charge in [0.15, 0.2) is 5.82 Å². The van der Waals surface area contributed by atoms with E-state index in [0.29, 0.717) is 6.42 Å². The van der Waals surface area contributed by atoms with E-state index in [1.807, 2.05) is 6.92 Å². The molecule has 7 heteroatoms. The van der Waals surface area contributed by atoms with Crippen molar-refractivity contribution >= 4 is 10.0 Å². The fourth-order valence-corrected chi connectivity index (χ4v) is 2.61. The monoisotopic (exact) mass is 276 g/mol. The molecule has 18 heavy (non-hydrogen) atoms. The average molecular weight is 276 g/mol. The van der Waals surface area contributed by atoms with Crippen molar-refractivity contribution in [2.75, 3.05) is 13.2 Å². The number of nitrogens with zero attached hydrogens (tertiary/aromatic N) is 1. The number of aromatic nitrogens is 1. The number of aliphatic hydroxyl groups is 1. The molecule has 0 radical (unpaired) electrons. The minimum Gasteiger partial charge on any atom is -0.396 e. The zero-order valence-corrected chi connectivity index (χ0v) is 11.0. The van der Waals surface area contributed by atoms with Crippen LogP contribution in [0.5, 0.6) is 0 Å². The second-order valence-electron chi connectivity index (χ2n) is 3.93. The standard InChI is InChI=1S/C11H17FN2O3S/c1-2-9(5-7-15)8-14-18(16,17)11-10(12)4-3-6-13-11/h3-4,6,9,14-15H,2,5,7-8H2,1H3. The molecule has 0 bridgehead atoms. The van der Waals surface area contributed by atoms with Gasteiger partial charge in [0.05, 0.1) is 0 Å². The summed E-state index contributed by atoms with van der Waals surface area (Å²) < 4.78 is 39.2. The maximum absolute atomic E-state index is 13.3. The molecule has 0 spiro atoms. The van der Waals surface area contributed by atoms with Crippen LogP contribution in [0.3, 0.4) is 0 Å². The zero-order valence-electron chi connectivity index (χ0n) is 10.1. The molecule has 0 aromatic carbocycles. The Kier molecular flexibility index (Phi) is 5.64. The number of rotatable bonds is 7. The van der Waals surface area contributed by atoms with E-state index >= 15 is 0 Å². The van der Waals surface area contributed by atoms with E-state index in [0.717, 1.165) is 12.5 Å². The van der Waals surface area contributed by atoms with Gasteiger partial charge >= 0.3 is 0 Å². The summed E-state index contributed by atoms with van der Waals surface area (Å²) in [4.78, 5) is 3.52. The molecule has 0 saturated heterocycles. The Morgan fingerprint density at radius 1 is 1.56 bits per heavy atom. The van der Waals surface area contributed by atoms with Crippen molar-refractivity contribution in [3.8, 4) is 0 Å². The number of aliphatic hydroxyl groups excluding tert-OH is 1. The highest BCUT2D eigenvalue weighted by Crippen LogP contribution is 2.12. The molecule has 2 N–H and O–H groups in total. The van der Waals surface area contributed by atoms with Gasteiger partial charge in [-0.3, -0.25) is 0 Å². The topological polar surface area (TPSA) is 79.3 Å². The zero-order chi connectivity index (χ0) is 13.6. The Labute approximate surface area is 106 Å². The molecule has 0 amide bonds. The van der Waals surface area contributed by atoms with E-state index in [1.54, 1.807) is 0 Å². The van der Waals surface area contributed by atoms with Gasteiger partial charge in [0.2, 0.25) is 5.03 Å². The number of sulfonamides is 1. The van der Waals surface area contributed by atoms with Crippen LogP contribution in [0.25, 0.3) is 0 Å². The van der Waals surface area contributed by atoms with E-state index in [2.05, 4.69) is 9.71 Å². The first kappa shape index (κ1) is 15.0. The van der Waals surface area contributed by atoms with Crippen molar-refractivity contribution in [1.29, 1.82) is 0 Å². The largest absolute Gasteiger partial charge is 0.396 e. The van der Waals surface area contributed by atoms with E-state index < -0.39 is 20.9 Å². The van der Waals surface area contributed by atoms with E-state index in [9.17, 15) is 12.8 Å². The molecule has 0 fully saturated rings. The summed E-state index contributed by atoms with van der Waals surface area (Å²) >= 11 is 0. The molecule has 1 heterocycles. The van der Waals surface area contributed by atoms with Gasteiger partial charge in [-0.2, -0.15) is 0 Å². The fourth-order valence-electron chi connectivity index (χ4n) is 1.50. The lowest BCUT2D eigenvalue weighted by molar-refractivity contribution is 0.254. The first-order valence-corrected chi connectivity index (χ1v) is 7.20.